The summed E-state index contributed by atoms with van der Waals surface area (Å²) >= 11 is 0. The highest BCUT2D eigenvalue weighted by Crippen LogP contribution is 2.24. The van der Waals surface area contributed by atoms with Gasteiger partial charge >= 0.3 is 0 Å². The quantitative estimate of drug-likeness (QED) is 0.569. The number of carbonyl (C=O) groups is 2. The molecule has 0 atom stereocenters. The van der Waals surface area contributed by atoms with Crippen molar-refractivity contribution in [1.29, 1.82) is 0 Å². The molecule has 1 aliphatic heterocycles. The normalized spacial score (nSPS) is 14.2. The van der Waals surface area contributed by atoms with Gasteiger partial charge in [-0.2, -0.15) is 0 Å². The Kier molecular flexibility index (Phi) is 8.33. The second kappa shape index (κ2) is 11.4. The Hall–Kier alpha value is -3.02. The number of para-hydroxylation sites is 2. The molecule has 6 nitrogen and oxygen atoms in total. The lowest BCUT2D eigenvalue weighted by molar-refractivity contribution is -0.114. The van der Waals surface area contributed by atoms with Gasteiger partial charge < -0.3 is 20.3 Å². The van der Waals surface area contributed by atoms with Gasteiger partial charge in [-0.15, -0.1) is 0 Å². The number of likely N-dealkylation sites (tertiary alicyclic amines) is 1. The third kappa shape index (κ3) is 6.74. The van der Waals surface area contributed by atoms with Crippen LogP contribution in [0, 0.1) is 5.92 Å². The van der Waals surface area contributed by atoms with Crippen LogP contribution in [0.15, 0.2) is 48.5 Å². The summed E-state index contributed by atoms with van der Waals surface area (Å²) in [6.45, 7) is 6.68. The minimum absolute atomic E-state index is 0.0271. The fourth-order valence-electron chi connectivity index (χ4n) is 3.57. The summed E-state index contributed by atoms with van der Waals surface area (Å²) in [6, 6.07) is 14.8. The molecule has 2 amide bonds. The van der Waals surface area contributed by atoms with E-state index in [2.05, 4.69) is 24.5 Å². The Balaban J connectivity index is 1.54. The molecule has 2 N–H and O–H groups in total. The summed E-state index contributed by atoms with van der Waals surface area (Å²) in [5.74, 6) is 1.26. The third-order valence-electron chi connectivity index (χ3n) is 5.55. The Labute approximate surface area is 185 Å². The summed E-state index contributed by atoms with van der Waals surface area (Å²) in [5.41, 5.74) is 2.02. The molecule has 0 radical (unpaired) electrons. The van der Waals surface area contributed by atoms with Gasteiger partial charge in [0.05, 0.1) is 18.8 Å². The zero-order chi connectivity index (χ0) is 22.1. The van der Waals surface area contributed by atoms with Crippen LogP contribution in [-0.2, 0) is 4.79 Å². The van der Waals surface area contributed by atoms with Gasteiger partial charge in [0.1, 0.15) is 5.75 Å². The number of rotatable bonds is 9. The monoisotopic (exact) mass is 423 g/mol. The molecule has 1 aliphatic rings. The van der Waals surface area contributed by atoms with Crippen LogP contribution in [0.4, 0.5) is 11.4 Å². The van der Waals surface area contributed by atoms with Crippen molar-refractivity contribution in [3.63, 3.8) is 0 Å². The van der Waals surface area contributed by atoms with Crippen LogP contribution < -0.4 is 15.4 Å². The molecule has 0 spiro atoms. The van der Waals surface area contributed by atoms with Gasteiger partial charge in [0.25, 0.3) is 5.91 Å². The molecule has 2 aromatic carbocycles. The molecule has 0 saturated carbocycles. The number of nitrogens with one attached hydrogen (secondary N) is 2. The third-order valence-corrected chi connectivity index (χ3v) is 5.55. The highest BCUT2D eigenvalue weighted by molar-refractivity contribution is 5.98. The molecule has 0 bridgehead atoms. The van der Waals surface area contributed by atoms with E-state index in [1.807, 2.05) is 29.2 Å². The number of hydrogen-bond donors (Lipinski definition) is 2. The Morgan fingerprint density at radius 1 is 1.10 bits per heavy atom. The van der Waals surface area contributed by atoms with Gasteiger partial charge in [0.2, 0.25) is 5.91 Å². The predicted molar refractivity (Wildman–Crippen MR) is 125 cm³/mol. The van der Waals surface area contributed by atoms with E-state index in [-0.39, 0.29) is 18.4 Å². The van der Waals surface area contributed by atoms with Crippen molar-refractivity contribution in [3.05, 3.63) is 54.1 Å². The largest absolute Gasteiger partial charge is 0.491 e. The Morgan fingerprint density at radius 2 is 1.87 bits per heavy atom. The molecule has 1 saturated heterocycles. The average molecular weight is 424 g/mol. The zero-order valence-electron chi connectivity index (χ0n) is 18.5. The number of anilines is 2. The van der Waals surface area contributed by atoms with Crippen molar-refractivity contribution in [1.82, 2.24) is 4.90 Å². The van der Waals surface area contributed by atoms with Crippen LogP contribution >= 0.6 is 0 Å². The maximum atomic E-state index is 12.8. The first-order valence-electron chi connectivity index (χ1n) is 11.2. The fraction of sp³-hybridized carbons (Fsp3) is 0.440. The molecule has 0 aromatic heterocycles. The first-order chi connectivity index (χ1) is 15.1. The number of amides is 2. The van der Waals surface area contributed by atoms with E-state index < -0.39 is 0 Å². The highest BCUT2D eigenvalue weighted by Gasteiger charge is 2.21. The molecule has 2 aromatic rings. The lowest BCUT2D eigenvalue weighted by atomic mass is 9.98. The van der Waals surface area contributed by atoms with E-state index >= 15 is 0 Å². The molecule has 1 fully saturated rings. The first-order valence-corrected chi connectivity index (χ1v) is 11.2. The summed E-state index contributed by atoms with van der Waals surface area (Å²) in [4.78, 5) is 27.2. The van der Waals surface area contributed by atoms with E-state index in [1.54, 1.807) is 24.3 Å². The van der Waals surface area contributed by atoms with Gasteiger partial charge in [-0.1, -0.05) is 38.5 Å². The molecular weight excluding hydrogens is 390 g/mol. The van der Waals surface area contributed by atoms with Crippen LogP contribution in [0.25, 0.3) is 0 Å². The number of unbranched alkanes of at least 4 members (excludes halogenated alkanes) is 1. The zero-order valence-corrected chi connectivity index (χ0v) is 18.5. The predicted octanol–water partition coefficient (Wildman–Crippen LogP) is 4.79. The van der Waals surface area contributed by atoms with Crippen molar-refractivity contribution < 1.29 is 14.3 Å². The fourth-order valence-corrected chi connectivity index (χ4v) is 3.57. The summed E-state index contributed by atoms with van der Waals surface area (Å²) in [7, 11) is 0. The Morgan fingerprint density at radius 3 is 2.65 bits per heavy atom. The van der Waals surface area contributed by atoms with E-state index in [9.17, 15) is 9.59 Å². The molecule has 3 rings (SSSR count). The standard InChI is InChI=1S/C25H33N3O3/c1-3-4-16-31-23-11-6-5-10-22(23)26-18-24(29)27-21-9-7-8-20(17-21)25(30)28-14-12-19(2)13-15-28/h5-11,17,19,26H,3-4,12-16,18H2,1-2H3,(H,27,29). The molecule has 0 aliphatic carbocycles. The van der Waals surface area contributed by atoms with E-state index in [1.165, 1.54) is 0 Å². The van der Waals surface area contributed by atoms with E-state index in [0.717, 1.165) is 50.2 Å². The molecule has 166 valence electrons. The average Bonchev–Trinajstić information content (AvgIpc) is 2.79. The van der Waals surface area contributed by atoms with E-state index in [4.69, 9.17) is 4.74 Å². The number of nitrogens with zero attached hydrogens (tertiary/aromatic N) is 1. The van der Waals surface area contributed by atoms with Crippen molar-refractivity contribution in [3.8, 4) is 5.75 Å². The lowest BCUT2D eigenvalue weighted by Crippen LogP contribution is -2.37. The van der Waals surface area contributed by atoms with Crippen LogP contribution in [0.1, 0.15) is 49.9 Å². The number of ether oxygens (including phenoxy) is 1. The van der Waals surface area contributed by atoms with Crippen LogP contribution in [-0.4, -0.2) is 43.0 Å². The van der Waals surface area contributed by atoms with Gasteiger partial charge in [0.15, 0.2) is 0 Å². The van der Waals surface area contributed by atoms with Crippen molar-refractivity contribution >= 4 is 23.2 Å². The maximum absolute atomic E-state index is 12.8. The van der Waals surface area contributed by atoms with Gasteiger partial charge in [-0.25, -0.2) is 0 Å². The van der Waals surface area contributed by atoms with Gasteiger partial charge in [0, 0.05) is 24.3 Å². The van der Waals surface area contributed by atoms with Crippen molar-refractivity contribution in [2.75, 3.05) is 36.9 Å². The molecule has 0 unspecified atom stereocenters. The summed E-state index contributed by atoms with van der Waals surface area (Å²) < 4.78 is 5.80. The maximum Gasteiger partial charge on any atom is 0.253 e. The van der Waals surface area contributed by atoms with Crippen LogP contribution in [0.3, 0.4) is 0 Å². The van der Waals surface area contributed by atoms with Crippen molar-refractivity contribution in [2.45, 2.75) is 39.5 Å². The SMILES string of the molecule is CCCCOc1ccccc1NCC(=O)Nc1cccc(C(=O)N2CCC(C)CC2)c1. The first kappa shape index (κ1) is 22.7. The number of piperidine rings is 1. The second-order valence-electron chi connectivity index (χ2n) is 8.16. The van der Waals surface area contributed by atoms with Crippen LogP contribution in [0.2, 0.25) is 0 Å². The molecule has 31 heavy (non-hydrogen) atoms. The van der Waals surface area contributed by atoms with E-state index in [0.29, 0.717) is 23.8 Å². The number of hydrogen-bond acceptors (Lipinski definition) is 4. The minimum atomic E-state index is -0.181. The topological polar surface area (TPSA) is 70.7 Å². The number of benzene rings is 2. The molecule has 6 heteroatoms. The minimum Gasteiger partial charge on any atom is -0.491 e. The molecule has 1 heterocycles. The summed E-state index contributed by atoms with van der Waals surface area (Å²) in [6.07, 6.45) is 4.13. The van der Waals surface area contributed by atoms with Crippen LogP contribution in [0.5, 0.6) is 5.75 Å². The molecular formula is C25H33N3O3. The number of carbonyl (C=O) groups excluding carboxylic acids is 2. The van der Waals surface area contributed by atoms with Gasteiger partial charge in [-0.3, -0.25) is 9.59 Å². The Bertz CT molecular complexity index is 876. The highest BCUT2D eigenvalue weighted by atomic mass is 16.5. The second-order valence-corrected chi connectivity index (χ2v) is 8.16. The smallest absolute Gasteiger partial charge is 0.253 e. The van der Waals surface area contributed by atoms with Crippen molar-refractivity contribution in [2.24, 2.45) is 5.92 Å². The lowest BCUT2D eigenvalue weighted by Gasteiger charge is -2.30. The summed E-state index contributed by atoms with van der Waals surface area (Å²) in [5, 5.41) is 6.02. The van der Waals surface area contributed by atoms with Gasteiger partial charge in [-0.05, 0) is 55.5 Å².